The molecular weight excluding hydrogens is 272 g/mol. The van der Waals surface area contributed by atoms with Crippen molar-refractivity contribution in [2.45, 2.75) is 19.9 Å². The van der Waals surface area contributed by atoms with Crippen LogP contribution in [0.3, 0.4) is 0 Å². The normalized spacial score (nSPS) is 18.2. The van der Waals surface area contributed by atoms with Crippen molar-refractivity contribution >= 4 is 35.8 Å². The minimum absolute atomic E-state index is 0. The van der Waals surface area contributed by atoms with Gasteiger partial charge in [0.05, 0.1) is 6.04 Å². The number of aromatic hydroxyl groups is 1. The van der Waals surface area contributed by atoms with Crippen molar-refractivity contribution in [2.75, 3.05) is 16.9 Å². The number of phenolic OH excluding ortho intramolecular Hbond substituents is 1. The molecule has 0 aliphatic carbocycles. The van der Waals surface area contributed by atoms with E-state index in [1.54, 1.807) is 24.8 Å². The Morgan fingerprint density at radius 2 is 2.22 bits per heavy atom. The number of nitrogens with one attached hydrogen (secondary N) is 2. The molecule has 100 valence electrons. The lowest BCUT2D eigenvalue weighted by molar-refractivity contribution is -0.117. The van der Waals surface area contributed by atoms with Crippen LogP contribution in [0.15, 0.2) is 12.1 Å². The lowest BCUT2D eigenvalue weighted by atomic mass is 10.1. The fourth-order valence-corrected chi connectivity index (χ4v) is 2.70. The maximum absolute atomic E-state index is 11.9. The summed E-state index contributed by atoms with van der Waals surface area (Å²) in [4.78, 5) is 11.9. The molecule has 0 bridgehead atoms. The molecular formula is C12H17ClN2O2S. The van der Waals surface area contributed by atoms with Crippen molar-refractivity contribution in [3.05, 3.63) is 23.3 Å². The second-order valence-electron chi connectivity index (χ2n) is 4.16. The Balaban J connectivity index is 0.00000162. The number of anilines is 1. The highest BCUT2D eigenvalue weighted by atomic mass is 35.5. The van der Waals surface area contributed by atoms with Crippen molar-refractivity contribution < 1.29 is 9.90 Å². The topological polar surface area (TPSA) is 61.4 Å². The summed E-state index contributed by atoms with van der Waals surface area (Å²) >= 11 is 1.71. The van der Waals surface area contributed by atoms with E-state index < -0.39 is 0 Å². The van der Waals surface area contributed by atoms with Crippen LogP contribution in [0.2, 0.25) is 0 Å². The first-order valence-corrected chi connectivity index (χ1v) is 6.66. The third-order valence-electron chi connectivity index (χ3n) is 2.92. The molecule has 0 aromatic heterocycles. The number of amides is 1. The summed E-state index contributed by atoms with van der Waals surface area (Å²) in [6.07, 6.45) is 0. The summed E-state index contributed by atoms with van der Waals surface area (Å²) in [6.45, 7) is 3.64. The first-order valence-electron chi connectivity index (χ1n) is 5.50. The van der Waals surface area contributed by atoms with Crippen molar-refractivity contribution in [3.8, 4) is 5.75 Å². The van der Waals surface area contributed by atoms with E-state index in [0.29, 0.717) is 11.3 Å². The number of rotatable bonds is 2. The average Bonchev–Trinajstić information content (AvgIpc) is 2.83. The molecule has 1 fully saturated rings. The number of phenols is 1. The minimum Gasteiger partial charge on any atom is -0.507 e. The molecule has 1 saturated heterocycles. The van der Waals surface area contributed by atoms with E-state index in [1.165, 1.54) is 0 Å². The second-order valence-corrected chi connectivity index (χ2v) is 5.19. The number of thioether (sulfide) groups is 1. The average molecular weight is 289 g/mol. The smallest absolute Gasteiger partial charge is 0.242 e. The standard InChI is InChI=1S/C12H16N2O2S.ClH/c1-7-3-4-9(8(2)11(7)15)14-12(16)10-5-17-6-13-10;/h3-4,10,13,15H,5-6H2,1-2H3,(H,14,16);1H. The van der Waals surface area contributed by atoms with Gasteiger partial charge in [-0.1, -0.05) is 6.07 Å². The molecule has 1 aromatic rings. The number of aryl methyl sites for hydroxylation is 1. The summed E-state index contributed by atoms with van der Waals surface area (Å²) in [5.41, 5.74) is 2.20. The van der Waals surface area contributed by atoms with Crippen LogP contribution in [0.25, 0.3) is 0 Å². The van der Waals surface area contributed by atoms with Gasteiger partial charge in [-0.2, -0.15) is 0 Å². The molecule has 2 rings (SSSR count). The zero-order valence-corrected chi connectivity index (χ0v) is 12.0. The van der Waals surface area contributed by atoms with Gasteiger partial charge in [-0.3, -0.25) is 10.1 Å². The number of hydrogen-bond donors (Lipinski definition) is 3. The van der Waals surface area contributed by atoms with Crippen molar-refractivity contribution in [1.82, 2.24) is 5.32 Å². The Labute approximate surface area is 117 Å². The van der Waals surface area contributed by atoms with E-state index in [2.05, 4.69) is 10.6 Å². The van der Waals surface area contributed by atoms with Gasteiger partial charge in [0.15, 0.2) is 0 Å². The molecule has 1 heterocycles. The van der Waals surface area contributed by atoms with Gasteiger partial charge < -0.3 is 10.4 Å². The monoisotopic (exact) mass is 288 g/mol. The van der Waals surface area contributed by atoms with Crippen LogP contribution in [0.1, 0.15) is 11.1 Å². The van der Waals surface area contributed by atoms with Gasteiger partial charge in [0.1, 0.15) is 5.75 Å². The third kappa shape index (κ3) is 3.10. The van der Waals surface area contributed by atoms with Gasteiger partial charge in [-0.25, -0.2) is 0 Å². The van der Waals surface area contributed by atoms with Crippen LogP contribution < -0.4 is 10.6 Å². The lowest BCUT2D eigenvalue weighted by Crippen LogP contribution is -2.37. The molecule has 18 heavy (non-hydrogen) atoms. The first kappa shape index (κ1) is 15.1. The zero-order valence-electron chi connectivity index (χ0n) is 10.3. The quantitative estimate of drug-likeness (QED) is 0.779. The lowest BCUT2D eigenvalue weighted by Gasteiger charge is -2.14. The van der Waals surface area contributed by atoms with Gasteiger partial charge in [0, 0.05) is 22.9 Å². The maximum Gasteiger partial charge on any atom is 0.242 e. The predicted molar refractivity (Wildman–Crippen MR) is 77.7 cm³/mol. The van der Waals surface area contributed by atoms with E-state index in [0.717, 1.165) is 17.2 Å². The third-order valence-corrected chi connectivity index (χ3v) is 3.86. The number of carbonyl (C=O) groups is 1. The highest BCUT2D eigenvalue weighted by molar-refractivity contribution is 7.99. The Morgan fingerprint density at radius 3 is 2.83 bits per heavy atom. The first-order chi connectivity index (χ1) is 8.09. The summed E-state index contributed by atoms with van der Waals surface area (Å²) in [5.74, 6) is 1.82. The van der Waals surface area contributed by atoms with Crippen molar-refractivity contribution in [2.24, 2.45) is 0 Å². The minimum atomic E-state index is -0.136. The second kappa shape index (κ2) is 6.31. The number of halogens is 1. The molecule has 1 atom stereocenters. The molecule has 6 heteroatoms. The molecule has 4 nitrogen and oxygen atoms in total. The number of hydrogen-bond acceptors (Lipinski definition) is 4. The van der Waals surface area contributed by atoms with E-state index in [9.17, 15) is 9.90 Å². The fraction of sp³-hybridized carbons (Fsp3) is 0.417. The van der Waals surface area contributed by atoms with E-state index in [-0.39, 0.29) is 30.1 Å². The predicted octanol–water partition coefficient (Wildman–Crippen LogP) is 2.03. The van der Waals surface area contributed by atoms with Gasteiger partial charge in [0.25, 0.3) is 0 Å². The maximum atomic E-state index is 11.9. The fourth-order valence-electron chi connectivity index (χ4n) is 1.75. The number of carbonyl (C=O) groups excluding carboxylic acids is 1. The highest BCUT2D eigenvalue weighted by Crippen LogP contribution is 2.28. The molecule has 1 aliphatic heterocycles. The van der Waals surface area contributed by atoms with Gasteiger partial charge in [0.2, 0.25) is 5.91 Å². The van der Waals surface area contributed by atoms with E-state index in [4.69, 9.17) is 0 Å². The highest BCUT2D eigenvalue weighted by Gasteiger charge is 2.23. The van der Waals surface area contributed by atoms with Crippen LogP contribution in [-0.4, -0.2) is 28.7 Å². The van der Waals surface area contributed by atoms with Crippen LogP contribution >= 0.6 is 24.2 Å². The Morgan fingerprint density at radius 1 is 1.50 bits per heavy atom. The molecule has 3 N–H and O–H groups in total. The van der Waals surface area contributed by atoms with Crippen molar-refractivity contribution in [1.29, 1.82) is 0 Å². The van der Waals surface area contributed by atoms with E-state index in [1.807, 2.05) is 13.0 Å². The molecule has 1 aromatic carbocycles. The SMILES string of the molecule is Cc1ccc(NC(=O)C2CSCN2)c(C)c1O.Cl. The molecule has 1 unspecified atom stereocenters. The van der Waals surface area contributed by atoms with E-state index >= 15 is 0 Å². The summed E-state index contributed by atoms with van der Waals surface area (Å²) in [5, 5.41) is 15.8. The molecule has 0 saturated carbocycles. The largest absolute Gasteiger partial charge is 0.507 e. The molecule has 0 spiro atoms. The van der Waals surface area contributed by atoms with Gasteiger partial charge in [-0.15, -0.1) is 24.2 Å². The van der Waals surface area contributed by atoms with Crippen molar-refractivity contribution in [3.63, 3.8) is 0 Å². The Kier molecular flexibility index (Phi) is 5.31. The van der Waals surface area contributed by atoms with Crippen LogP contribution in [-0.2, 0) is 4.79 Å². The molecule has 0 radical (unpaired) electrons. The Bertz CT molecular complexity index is 448. The summed E-state index contributed by atoms with van der Waals surface area (Å²) < 4.78 is 0. The molecule has 1 aliphatic rings. The van der Waals surface area contributed by atoms with Crippen LogP contribution in [0, 0.1) is 13.8 Å². The zero-order chi connectivity index (χ0) is 12.4. The van der Waals surface area contributed by atoms with Crippen LogP contribution in [0.5, 0.6) is 5.75 Å². The summed E-state index contributed by atoms with van der Waals surface area (Å²) in [6, 6.07) is 3.49. The molecule has 1 amide bonds. The van der Waals surface area contributed by atoms with Gasteiger partial charge >= 0.3 is 0 Å². The Hall–Kier alpha value is -0.910. The summed E-state index contributed by atoms with van der Waals surface area (Å²) in [7, 11) is 0. The van der Waals surface area contributed by atoms with Gasteiger partial charge in [-0.05, 0) is 25.5 Å². The van der Waals surface area contributed by atoms with Crippen LogP contribution in [0.4, 0.5) is 5.69 Å². The number of benzene rings is 1.